The summed E-state index contributed by atoms with van der Waals surface area (Å²) in [5, 5.41) is 5.62. The van der Waals surface area contributed by atoms with E-state index in [4.69, 9.17) is 0 Å². The van der Waals surface area contributed by atoms with Crippen LogP contribution >= 0.6 is 0 Å². The molecule has 1 aromatic rings. The summed E-state index contributed by atoms with van der Waals surface area (Å²) in [6.07, 6.45) is 0.148. The number of nitrogens with one attached hydrogen (secondary N) is 2. The van der Waals surface area contributed by atoms with E-state index in [2.05, 4.69) is 17.2 Å². The fourth-order valence-corrected chi connectivity index (χ4v) is 1.75. The maximum Gasteiger partial charge on any atom is 0.243 e. The Balaban J connectivity index is 2.03. The summed E-state index contributed by atoms with van der Waals surface area (Å²) in [4.78, 5) is 23.5. The summed E-state index contributed by atoms with van der Waals surface area (Å²) < 4.78 is 0. The minimum atomic E-state index is -0.510. The van der Waals surface area contributed by atoms with Crippen molar-refractivity contribution in [3.63, 3.8) is 0 Å². The number of amides is 1. The average molecular weight is 230 g/mol. The molecule has 1 aliphatic rings. The van der Waals surface area contributed by atoms with Gasteiger partial charge in [-0.3, -0.25) is 9.59 Å². The molecular weight excluding hydrogens is 216 g/mol. The number of hydrogen-bond donors (Lipinski definition) is 2. The summed E-state index contributed by atoms with van der Waals surface area (Å²) in [5.74, 6) is -0.199. The molecule has 4 nitrogen and oxygen atoms in total. The number of carbonyl (C=O) groups excluding carboxylic acids is 2. The van der Waals surface area contributed by atoms with Gasteiger partial charge in [0.15, 0.2) is 5.78 Å². The lowest BCUT2D eigenvalue weighted by Crippen LogP contribution is -2.51. The molecule has 4 heteroatoms. The molecule has 1 aromatic carbocycles. The summed E-state index contributed by atoms with van der Waals surface area (Å²) >= 11 is 0. The van der Waals surface area contributed by atoms with Crippen molar-refractivity contribution in [2.45, 2.75) is 12.5 Å². The fraction of sp³-hybridized carbons (Fsp3) is 0.231. The van der Waals surface area contributed by atoms with Gasteiger partial charge in [-0.25, -0.2) is 0 Å². The van der Waals surface area contributed by atoms with E-state index < -0.39 is 6.04 Å². The first-order valence-electron chi connectivity index (χ1n) is 5.47. The summed E-state index contributed by atoms with van der Waals surface area (Å²) in [6.45, 7) is 4.17. The highest BCUT2D eigenvalue weighted by Gasteiger charge is 2.25. The molecule has 0 spiro atoms. The number of ketones is 1. The van der Waals surface area contributed by atoms with Crippen molar-refractivity contribution in [2.75, 3.05) is 6.54 Å². The van der Waals surface area contributed by atoms with Crippen molar-refractivity contribution in [3.8, 4) is 0 Å². The maximum absolute atomic E-state index is 11.9. The summed E-state index contributed by atoms with van der Waals surface area (Å²) in [7, 11) is 0. The minimum Gasteiger partial charge on any atom is -0.376 e. The van der Waals surface area contributed by atoms with Gasteiger partial charge in [0.25, 0.3) is 0 Å². The molecule has 1 fully saturated rings. The van der Waals surface area contributed by atoms with Gasteiger partial charge in [0.1, 0.15) is 6.04 Å². The van der Waals surface area contributed by atoms with Crippen molar-refractivity contribution >= 4 is 11.7 Å². The van der Waals surface area contributed by atoms with Crippen LogP contribution in [0.3, 0.4) is 0 Å². The molecule has 0 aromatic heterocycles. The fourth-order valence-electron chi connectivity index (χ4n) is 1.75. The largest absolute Gasteiger partial charge is 0.376 e. The van der Waals surface area contributed by atoms with Gasteiger partial charge < -0.3 is 10.6 Å². The van der Waals surface area contributed by atoms with Crippen molar-refractivity contribution in [1.82, 2.24) is 10.6 Å². The first-order chi connectivity index (χ1) is 8.16. The molecule has 0 saturated carbocycles. The second-order valence-electron chi connectivity index (χ2n) is 4.01. The van der Waals surface area contributed by atoms with Gasteiger partial charge in [-0.15, -0.1) is 0 Å². The van der Waals surface area contributed by atoms with Gasteiger partial charge in [-0.05, 0) is 0 Å². The number of benzene rings is 1. The number of hydrogen-bond acceptors (Lipinski definition) is 3. The van der Waals surface area contributed by atoms with Crippen LogP contribution in [0.5, 0.6) is 0 Å². The van der Waals surface area contributed by atoms with Gasteiger partial charge in [0, 0.05) is 17.7 Å². The molecule has 0 radical (unpaired) electrons. The van der Waals surface area contributed by atoms with E-state index in [0.29, 0.717) is 12.1 Å². The molecule has 1 aliphatic heterocycles. The van der Waals surface area contributed by atoms with Crippen LogP contribution in [0.4, 0.5) is 0 Å². The Bertz CT molecular complexity index is 454. The second kappa shape index (κ2) is 4.82. The third-order valence-corrected chi connectivity index (χ3v) is 2.66. The second-order valence-corrected chi connectivity index (χ2v) is 4.01. The highest BCUT2D eigenvalue weighted by atomic mass is 16.2. The SMILES string of the molecule is C=C1CNC(=O)C(CC(=O)c2ccccc2)N1. The predicted molar refractivity (Wildman–Crippen MR) is 64.5 cm³/mol. The average Bonchev–Trinajstić information content (AvgIpc) is 2.35. The topological polar surface area (TPSA) is 58.2 Å². The molecule has 0 aliphatic carbocycles. The highest BCUT2D eigenvalue weighted by molar-refractivity contribution is 5.99. The predicted octanol–water partition coefficient (Wildman–Crippen LogP) is 0.861. The van der Waals surface area contributed by atoms with Crippen LogP contribution in [0.25, 0.3) is 0 Å². The first kappa shape index (κ1) is 11.4. The zero-order valence-electron chi connectivity index (χ0n) is 9.40. The van der Waals surface area contributed by atoms with Gasteiger partial charge in [0.05, 0.1) is 6.54 Å². The number of rotatable bonds is 3. The maximum atomic E-state index is 11.9. The Kier molecular flexibility index (Phi) is 3.23. The molecule has 1 heterocycles. The minimum absolute atomic E-state index is 0.0482. The lowest BCUT2D eigenvalue weighted by molar-refractivity contribution is -0.123. The molecule has 1 amide bonds. The van der Waals surface area contributed by atoms with Gasteiger partial charge in [-0.1, -0.05) is 36.9 Å². The molecular formula is C13H14N2O2. The van der Waals surface area contributed by atoms with E-state index in [1.165, 1.54) is 0 Å². The lowest BCUT2D eigenvalue weighted by atomic mass is 10.0. The normalized spacial score (nSPS) is 19.4. The van der Waals surface area contributed by atoms with E-state index in [0.717, 1.165) is 5.70 Å². The lowest BCUT2D eigenvalue weighted by Gasteiger charge is -2.25. The smallest absolute Gasteiger partial charge is 0.243 e. The number of piperazine rings is 1. The number of Topliss-reactive ketones (excluding diaryl/α,β-unsaturated/α-hetero) is 1. The van der Waals surface area contributed by atoms with Crippen molar-refractivity contribution in [3.05, 3.63) is 48.2 Å². The summed E-state index contributed by atoms with van der Waals surface area (Å²) in [5.41, 5.74) is 1.36. The van der Waals surface area contributed by atoms with Crippen molar-refractivity contribution in [2.24, 2.45) is 0 Å². The van der Waals surface area contributed by atoms with E-state index in [1.807, 2.05) is 6.07 Å². The highest BCUT2D eigenvalue weighted by Crippen LogP contribution is 2.08. The molecule has 2 N–H and O–H groups in total. The van der Waals surface area contributed by atoms with Crippen LogP contribution < -0.4 is 10.6 Å². The Morgan fingerprint density at radius 1 is 1.35 bits per heavy atom. The van der Waals surface area contributed by atoms with Crippen LogP contribution in [-0.4, -0.2) is 24.3 Å². The molecule has 2 rings (SSSR count). The van der Waals surface area contributed by atoms with Gasteiger partial charge in [-0.2, -0.15) is 0 Å². The Morgan fingerprint density at radius 2 is 2.06 bits per heavy atom. The van der Waals surface area contributed by atoms with E-state index in [-0.39, 0.29) is 18.1 Å². The van der Waals surface area contributed by atoms with Gasteiger partial charge >= 0.3 is 0 Å². The summed E-state index contributed by atoms with van der Waals surface area (Å²) in [6, 6.07) is 8.45. The van der Waals surface area contributed by atoms with Crippen LogP contribution in [0, 0.1) is 0 Å². The van der Waals surface area contributed by atoms with Crippen LogP contribution in [0.15, 0.2) is 42.6 Å². The molecule has 1 atom stereocenters. The molecule has 17 heavy (non-hydrogen) atoms. The standard InChI is InChI=1S/C13H14N2O2/c1-9-8-14-13(17)11(15-9)7-12(16)10-5-3-2-4-6-10/h2-6,11,15H,1,7-8H2,(H,14,17). The Labute approximate surface area is 99.7 Å². The van der Waals surface area contributed by atoms with E-state index >= 15 is 0 Å². The Hall–Kier alpha value is -2.10. The quantitative estimate of drug-likeness (QED) is 0.757. The van der Waals surface area contributed by atoms with Gasteiger partial charge in [0.2, 0.25) is 5.91 Å². The van der Waals surface area contributed by atoms with Crippen LogP contribution in [-0.2, 0) is 4.79 Å². The van der Waals surface area contributed by atoms with Crippen LogP contribution in [0.2, 0.25) is 0 Å². The third-order valence-electron chi connectivity index (χ3n) is 2.66. The molecule has 1 saturated heterocycles. The molecule has 88 valence electrons. The third kappa shape index (κ3) is 2.72. The number of carbonyl (C=O) groups is 2. The van der Waals surface area contributed by atoms with E-state index in [1.54, 1.807) is 24.3 Å². The molecule has 1 unspecified atom stereocenters. The van der Waals surface area contributed by atoms with E-state index in [9.17, 15) is 9.59 Å². The van der Waals surface area contributed by atoms with Crippen molar-refractivity contribution in [1.29, 1.82) is 0 Å². The monoisotopic (exact) mass is 230 g/mol. The van der Waals surface area contributed by atoms with Crippen LogP contribution in [0.1, 0.15) is 16.8 Å². The zero-order valence-corrected chi connectivity index (χ0v) is 9.40. The first-order valence-corrected chi connectivity index (χ1v) is 5.47. The zero-order chi connectivity index (χ0) is 12.3. The molecule has 0 bridgehead atoms. The van der Waals surface area contributed by atoms with Crippen molar-refractivity contribution < 1.29 is 9.59 Å². The Morgan fingerprint density at radius 3 is 2.76 bits per heavy atom.